The summed E-state index contributed by atoms with van der Waals surface area (Å²) in [4.78, 5) is 13.3. The molecule has 1 N–H and O–H groups in total. The van der Waals surface area contributed by atoms with Crippen LogP contribution in [0.4, 0.5) is 10.5 Å². The normalized spacial score (nSPS) is 19.7. The molecule has 0 radical (unpaired) electrons. The highest BCUT2D eigenvalue weighted by molar-refractivity contribution is 6.30. The number of hydrogen-bond donors (Lipinski definition) is 1. The van der Waals surface area contributed by atoms with Crippen molar-refractivity contribution in [3.05, 3.63) is 100 Å². The quantitative estimate of drug-likeness (QED) is 0.531. The van der Waals surface area contributed by atoms with Crippen LogP contribution in [-0.2, 0) is 6.42 Å². The first-order chi connectivity index (χ1) is 14.6. The summed E-state index contributed by atoms with van der Waals surface area (Å²) in [5.41, 5.74) is 6.39. The molecule has 4 nitrogen and oxygen atoms in total. The summed E-state index contributed by atoms with van der Waals surface area (Å²) in [7, 11) is 0. The molecule has 150 valence electrons. The van der Waals surface area contributed by atoms with E-state index in [4.69, 9.17) is 16.7 Å². The summed E-state index contributed by atoms with van der Waals surface area (Å²) < 4.78 is 0. The Bertz CT molecular complexity index is 1120. The van der Waals surface area contributed by atoms with E-state index in [-0.39, 0.29) is 18.0 Å². The van der Waals surface area contributed by atoms with Crippen LogP contribution in [0.1, 0.15) is 34.7 Å². The third kappa shape index (κ3) is 3.37. The van der Waals surface area contributed by atoms with Crippen LogP contribution in [0.2, 0.25) is 5.02 Å². The number of amides is 2. The molecular formula is C25H22ClN3O. The topological polar surface area (TPSA) is 44.7 Å². The molecule has 0 saturated heterocycles. The molecule has 30 heavy (non-hydrogen) atoms. The molecule has 1 aliphatic heterocycles. The second-order valence-corrected chi connectivity index (χ2v) is 8.36. The van der Waals surface area contributed by atoms with E-state index in [9.17, 15) is 4.79 Å². The lowest BCUT2D eigenvalue weighted by atomic mass is 9.77. The van der Waals surface area contributed by atoms with Gasteiger partial charge in [-0.25, -0.2) is 9.80 Å². The molecule has 2 unspecified atom stereocenters. The van der Waals surface area contributed by atoms with E-state index in [0.717, 1.165) is 40.9 Å². The zero-order chi connectivity index (χ0) is 20.7. The van der Waals surface area contributed by atoms with Gasteiger partial charge in [-0.15, -0.1) is 0 Å². The lowest BCUT2D eigenvalue weighted by Crippen LogP contribution is -2.34. The Kier molecular flexibility index (Phi) is 4.80. The maximum absolute atomic E-state index is 13.3. The Hall–Kier alpha value is -3.11. The molecule has 0 spiro atoms. The number of nitrogens with zero attached hydrogens (tertiary/aromatic N) is 2. The van der Waals surface area contributed by atoms with Crippen molar-refractivity contribution in [2.24, 2.45) is 11.0 Å². The molecule has 2 amide bonds. The lowest BCUT2D eigenvalue weighted by molar-refractivity contribution is 0.188. The van der Waals surface area contributed by atoms with Gasteiger partial charge in [0.1, 0.15) is 0 Å². The first kappa shape index (κ1) is 18.9. The summed E-state index contributed by atoms with van der Waals surface area (Å²) in [6.45, 7) is 2.02. The zero-order valence-corrected chi connectivity index (χ0v) is 17.4. The highest BCUT2D eigenvalue weighted by atomic mass is 35.5. The number of urea groups is 1. The van der Waals surface area contributed by atoms with Gasteiger partial charge in [-0.2, -0.15) is 5.10 Å². The van der Waals surface area contributed by atoms with Gasteiger partial charge < -0.3 is 5.32 Å². The fraction of sp³-hybridized carbons (Fsp3) is 0.200. The number of rotatable bonds is 2. The number of aryl methyl sites for hydroxylation is 2. The molecule has 3 aromatic rings. The second kappa shape index (κ2) is 7.62. The van der Waals surface area contributed by atoms with Crippen molar-refractivity contribution in [1.29, 1.82) is 0 Å². The van der Waals surface area contributed by atoms with Gasteiger partial charge in [0.15, 0.2) is 0 Å². The number of carbonyl (C=O) groups excluding carboxylic acids is 1. The minimum Gasteiger partial charge on any atom is -0.306 e. The second-order valence-electron chi connectivity index (χ2n) is 7.92. The van der Waals surface area contributed by atoms with E-state index in [2.05, 4.69) is 23.5 Å². The maximum atomic E-state index is 13.3. The Morgan fingerprint density at radius 3 is 2.53 bits per heavy atom. The van der Waals surface area contributed by atoms with Crippen molar-refractivity contribution >= 4 is 29.0 Å². The van der Waals surface area contributed by atoms with Gasteiger partial charge in [0, 0.05) is 22.2 Å². The molecule has 3 aromatic carbocycles. The number of carbonyl (C=O) groups is 1. The van der Waals surface area contributed by atoms with Crippen LogP contribution in [0.5, 0.6) is 0 Å². The Morgan fingerprint density at radius 1 is 1.03 bits per heavy atom. The van der Waals surface area contributed by atoms with Gasteiger partial charge >= 0.3 is 6.03 Å². The maximum Gasteiger partial charge on any atom is 0.342 e. The number of hydrogen-bond acceptors (Lipinski definition) is 2. The van der Waals surface area contributed by atoms with Crippen molar-refractivity contribution in [3.8, 4) is 0 Å². The summed E-state index contributed by atoms with van der Waals surface area (Å²) in [5.74, 6) is 0.157. The first-order valence-electron chi connectivity index (χ1n) is 10.2. The van der Waals surface area contributed by atoms with Crippen LogP contribution in [0.15, 0.2) is 77.9 Å². The van der Waals surface area contributed by atoms with Gasteiger partial charge in [-0.3, -0.25) is 0 Å². The van der Waals surface area contributed by atoms with Crippen LogP contribution in [-0.4, -0.2) is 16.8 Å². The third-order valence-corrected chi connectivity index (χ3v) is 6.20. The fourth-order valence-corrected chi connectivity index (χ4v) is 4.57. The van der Waals surface area contributed by atoms with Crippen LogP contribution in [0.25, 0.3) is 0 Å². The third-order valence-electron chi connectivity index (χ3n) is 5.95. The monoisotopic (exact) mass is 415 g/mol. The highest BCUT2D eigenvalue weighted by Crippen LogP contribution is 2.43. The fourth-order valence-electron chi connectivity index (χ4n) is 4.44. The van der Waals surface area contributed by atoms with Gasteiger partial charge in [0.2, 0.25) is 0 Å². The molecule has 1 aliphatic carbocycles. The molecule has 1 heterocycles. The van der Waals surface area contributed by atoms with Gasteiger partial charge in [0.05, 0.1) is 11.8 Å². The van der Waals surface area contributed by atoms with E-state index in [1.54, 1.807) is 5.01 Å². The van der Waals surface area contributed by atoms with Crippen molar-refractivity contribution in [2.75, 3.05) is 5.32 Å². The minimum atomic E-state index is -0.224. The molecule has 5 heteroatoms. The SMILES string of the molecule is Cc1ccc(NC(=O)N2N=C3c4ccccc4CCC3C2c2ccc(Cl)cc2)cc1. The Morgan fingerprint density at radius 2 is 1.77 bits per heavy atom. The molecule has 5 rings (SSSR count). The molecule has 0 bridgehead atoms. The number of anilines is 1. The molecule has 2 aliphatic rings. The number of halogens is 1. The van der Waals surface area contributed by atoms with Crippen molar-refractivity contribution in [2.45, 2.75) is 25.8 Å². The van der Waals surface area contributed by atoms with Crippen LogP contribution in [0.3, 0.4) is 0 Å². The van der Waals surface area contributed by atoms with Gasteiger partial charge in [-0.05, 0) is 55.2 Å². The molecule has 0 aromatic heterocycles. The van der Waals surface area contributed by atoms with E-state index in [1.165, 1.54) is 5.56 Å². The van der Waals surface area contributed by atoms with Gasteiger partial charge in [0.25, 0.3) is 0 Å². The standard InChI is InChI=1S/C25H22ClN3O/c1-16-6-13-20(14-7-16)27-25(30)29-24(18-8-11-19(26)12-9-18)22-15-10-17-4-2-3-5-21(17)23(22)28-29/h2-9,11-14,22,24H,10,15H2,1H3,(H,27,30). The average Bonchev–Trinajstić information content (AvgIpc) is 3.16. The van der Waals surface area contributed by atoms with E-state index in [0.29, 0.717) is 5.02 Å². The number of benzene rings is 3. The first-order valence-corrected chi connectivity index (χ1v) is 10.6. The van der Waals surface area contributed by atoms with Crippen LogP contribution < -0.4 is 5.32 Å². The Labute approximate surface area is 181 Å². The minimum absolute atomic E-state index is 0.156. The summed E-state index contributed by atoms with van der Waals surface area (Å²) >= 11 is 6.12. The van der Waals surface area contributed by atoms with E-state index >= 15 is 0 Å². The number of fused-ring (bicyclic) bond motifs is 3. The molecule has 0 fully saturated rings. The van der Waals surface area contributed by atoms with Crippen molar-refractivity contribution in [3.63, 3.8) is 0 Å². The predicted molar refractivity (Wildman–Crippen MR) is 121 cm³/mol. The summed E-state index contributed by atoms with van der Waals surface area (Å²) in [6.07, 6.45) is 1.94. The largest absolute Gasteiger partial charge is 0.342 e. The summed E-state index contributed by atoms with van der Waals surface area (Å²) in [5, 5.41) is 10.2. The van der Waals surface area contributed by atoms with Crippen molar-refractivity contribution < 1.29 is 4.79 Å². The van der Waals surface area contributed by atoms with E-state index in [1.807, 2.05) is 61.5 Å². The average molecular weight is 416 g/mol. The lowest BCUT2D eigenvalue weighted by Gasteiger charge is -2.29. The Balaban J connectivity index is 1.53. The zero-order valence-electron chi connectivity index (χ0n) is 16.7. The molecule has 2 atom stereocenters. The smallest absolute Gasteiger partial charge is 0.306 e. The number of nitrogens with one attached hydrogen (secondary N) is 1. The van der Waals surface area contributed by atoms with Gasteiger partial charge in [-0.1, -0.05) is 65.7 Å². The highest BCUT2D eigenvalue weighted by Gasteiger charge is 2.43. The molecular weight excluding hydrogens is 394 g/mol. The molecule has 0 saturated carbocycles. The van der Waals surface area contributed by atoms with Crippen molar-refractivity contribution in [1.82, 2.24) is 5.01 Å². The van der Waals surface area contributed by atoms with E-state index < -0.39 is 0 Å². The number of hydrazone groups is 1. The summed E-state index contributed by atoms with van der Waals surface area (Å²) in [6, 6.07) is 23.5. The van der Waals surface area contributed by atoms with Crippen LogP contribution >= 0.6 is 11.6 Å². The van der Waals surface area contributed by atoms with Crippen LogP contribution in [0, 0.1) is 12.8 Å². The predicted octanol–water partition coefficient (Wildman–Crippen LogP) is 6.20.